The second kappa shape index (κ2) is 5.74. The Morgan fingerprint density at radius 2 is 2.06 bits per heavy atom. The van der Waals surface area contributed by atoms with Crippen molar-refractivity contribution in [2.45, 2.75) is 58.2 Å². The van der Waals surface area contributed by atoms with Crippen LogP contribution in [0, 0.1) is 0 Å². The van der Waals surface area contributed by atoms with Gasteiger partial charge in [-0.15, -0.1) is 0 Å². The number of rotatable bonds is 2. The van der Waals surface area contributed by atoms with Crippen LogP contribution in [-0.4, -0.2) is 42.8 Å². The Morgan fingerprint density at radius 3 is 2.56 bits per heavy atom. The zero-order chi connectivity index (χ0) is 13.9. The number of ether oxygens (including phenoxy) is 1. The highest BCUT2D eigenvalue weighted by atomic mass is 16.6. The predicted octanol–water partition coefficient (Wildman–Crippen LogP) is 2.55. The van der Waals surface area contributed by atoms with Crippen LogP contribution in [-0.2, 0) is 4.74 Å². The van der Waals surface area contributed by atoms with E-state index >= 15 is 0 Å². The minimum Gasteiger partial charge on any atom is -0.444 e. The van der Waals surface area contributed by atoms with Crippen LogP contribution in [0.2, 0.25) is 0 Å². The van der Waals surface area contributed by atoms with Crippen LogP contribution >= 0.6 is 0 Å². The van der Waals surface area contributed by atoms with Crippen molar-refractivity contribution in [3.8, 4) is 0 Å². The molecule has 0 saturated carbocycles. The SMILES string of the molecule is CC1=CC[C@H](NC(=O)OC(C)(C)C)[C@@H](N(C)C)C1. The fourth-order valence-electron chi connectivity index (χ4n) is 2.20. The van der Waals surface area contributed by atoms with Crippen molar-refractivity contribution < 1.29 is 9.53 Å². The van der Waals surface area contributed by atoms with E-state index in [1.807, 2.05) is 34.9 Å². The molecule has 0 unspecified atom stereocenters. The highest BCUT2D eigenvalue weighted by Gasteiger charge is 2.29. The van der Waals surface area contributed by atoms with Gasteiger partial charge in [-0.1, -0.05) is 11.6 Å². The molecule has 18 heavy (non-hydrogen) atoms. The topological polar surface area (TPSA) is 41.6 Å². The number of carbonyl (C=O) groups is 1. The van der Waals surface area contributed by atoms with Crippen LogP contribution in [0.4, 0.5) is 4.79 Å². The van der Waals surface area contributed by atoms with E-state index in [9.17, 15) is 4.79 Å². The maximum absolute atomic E-state index is 11.8. The first-order chi connectivity index (χ1) is 8.19. The van der Waals surface area contributed by atoms with E-state index in [2.05, 4.69) is 23.2 Å². The third kappa shape index (κ3) is 4.69. The minimum absolute atomic E-state index is 0.124. The van der Waals surface area contributed by atoms with Crippen molar-refractivity contribution in [3.05, 3.63) is 11.6 Å². The summed E-state index contributed by atoms with van der Waals surface area (Å²) < 4.78 is 5.31. The van der Waals surface area contributed by atoms with E-state index in [0.717, 1.165) is 12.8 Å². The van der Waals surface area contributed by atoms with Gasteiger partial charge in [0.1, 0.15) is 5.60 Å². The summed E-state index contributed by atoms with van der Waals surface area (Å²) in [5.41, 5.74) is 0.939. The Kier molecular flexibility index (Phi) is 4.79. The molecule has 1 aliphatic carbocycles. The Labute approximate surface area is 110 Å². The maximum atomic E-state index is 11.8. The van der Waals surface area contributed by atoms with Gasteiger partial charge in [-0.3, -0.25) is 0 Å². The van der Waals surface area contributed by atoms with Gasteiger partial charge in [0.2, 0.25) is 0 Å². The molecular weight excluding hydrogens is 228 g/mol. The molecule has 0 bridgehead atoms. The quantitative estimate of drug-likeness (QED) is 0.770. The summed E-state index contributed by atoms with van der Waals surface area (Å²) >= 11 is 0. The van der Waals surface area contributed by atoms with Gasteiger partial charge in [0, 0.05) is 6.04 Å². The molecule has 0 aromatic rings. The Morgan fingerprint density at radius 1 is 1.44 bits per heavy atom. The van der Waals surface area contributed by atoms with Crippen LogP contribution in [0.15, 0.2) is 11.6 Å². The highest BCUT2D eigenvalue weighted by molar-refractivity contribution is 5.68. The lowest BCUT2D eigenvalue weighted by atomic mass is 9.90. The molecule has 0 aromatic carbocycles. The van der Waals surface area contributed by atoms with Crippen LogP contribution < -0.4 is 5.32 Å². The van der Waals surface area contributed by atoms with Gasteiger partial charge in [0.25, 0.3) is 0 Å². The summed E-state index contributed by atoms with van der Waals surface area (Å²) in [5.74, 6) is 0. The second-order valence-corrected chi connectivity index (χ2v) is 6.27. The van der Waals surface area contributed by atoms with Crippen molar-refractivity contribution in [1.29, 1.82) is 0 Å². The van der Waals surface area contributed by atoms with E-state index in [4.69, 9.17) is 4.74 Å². The van der Waals surface area contributed by atoms with E-state index in [1.165, 1.54) is 5.57 Å². The standard InChI is InChI=1S/C14H26N2O2/c1-10-7-8-11(12(9-10)16(5)6)15-13(17)18-14(2,3)4/h7,11-12H,8-9H2,1-6H3,(H,15,17)/t11-,12-/m0/s1. The second-order valence-electron chi connectivity index (χ2n) is 6.27. The average molecular weight is 254 g/mol. The van der Waals surface area contributed by atoms with Crippen LogP contribution in [0.3, 0.4) is 0 Å². The van der Waals surface area contributed by atoms with E-state index in [-0.39, 0.29) is 12.1 Å². The molecule has 2 atom stereocenters. The molecule has 0 aromatic heterocycles. The molecule has 4 nitrogen and oxygen atoms in total. The third-order valence-corrected chi connectivity index (χ3v) is 3.08. The zero-order valence-electron chi connectivity index (χ0n) is 12.4. The minimum atomic E-state index is -0.446. The van der Waals surface area contributed by atoms with Crippen molar-refractivity contribution >= 4 is 6.09 Å². The van der Waals surface area contributed by atoms with Gasteiger partial charge >= 0.3 is 6.09 Å². The zero-order valence-corrected chi connectivity index (χ0v) is 12.4. The molecule has 1 N–H and O–H groups in total. The molecule has 0 spiro atoms. The molecule has 1 rings (SSSR count). The highest BCUT2D eigenvalue weighted by Crippen LogP contribution is 2.22. The molecule has 0 radical (unpaired) electrons. The smallest absolute Gasteiger partial charge is 0.407 e. The largest absolute Gasteiger partial charge is 0.444 e. The first-order valence-electron chi connectivity index (χ1n) is 6.50. The average Bonchev–Trinajstić information content (AvgIpc) is 2.17. The van der Waals surface area contributed by atoms with E-state index < -0.39 is 5.60 Å². The van der Waals surface area contributed by atoms with Crippen molar-refractivity contribution in [2.75, 3.05) is 14.1 Å². The lowest BCUT2D eigenvalue weighted by Gasteiger charge is -2.36. The number of likely N-dealkylation sites (N-methyl/N-ethyl adjacent to an activating group) is 1. The molecule has 0 fully saturated rings. The van der Waals surface area contributed by atoms with Crippen LogP contribution in [0.5, 0.6) is 0 Å². The molecule has 0 heterocycles. The Bertz CT molecular complexity index is 329. The fourth-order valence-corrected chi connectivity index (χ4v) is 2.20. The summed E-state index contributed by atoms with van der Waals surface area (Å²) in [4.78, 5) is 14.0. The summed E-state index contributed by atoms with van der Waals surface area (Å²) in [6.07, 6.45) is 3.73. The number of nitrogens with one attached hydrogen (secondary N) is 1. The summed E-state index contributed by atoms with van der Waals surface area (Å²) in [6, 6.07) is 0.459. The first kappa shape index (κ1) is 15.0. The van der Waals surface area contributed by atoms with Gasteiger partial charge in [-0.05, 0) is 54.6 Å². The van der Waals surface area contributed by atoms with Crippen molar-refractivity contribution in [3.63, 3.8) is 0 Å². The van der Waals surface area contributed by atoms with Crippen LogP contribution in [0.1, 0.15) is 40.5 Å². The van der Waals surface area contributed by atoms with Crippen LogP contribution in [0.25, 0.3) is 0 Å². The Balaban J connectivity index is 2.62. The molecular formula is C14H26N2O2. The predicted molar refractivity (Wildman–Crippen MR) is 73.6 cm³/mol. The Hall–Kier alpha value is -1.03. The van der Waals surface area contributed by atoms with Crippen molar-refractivity contribution in [1.82, 2.24) is 10.2 Å². The maximum Gasteiger partial charge on any atom is 0.407 e. The fraction of sp³-hybridized carbons (Fsp3) is 0.786. The van der Waals surface area contributed by atoms with Gasteiger partial charge in [-0.25, -0.2) is 4.79 Å². The number of alkyl carbamates (subject to hydrolysis) is 1. The molecule has 0 aliphatic heterocycles. The number of nitrogens with zero attached hydrogens (tertiary/aromatic N) is 1. The van der Waals surface area contributed by atoms with Gasteiger partial charge in [0.15, 0.2) is 0 Å². The lowest BCUT2D eigenvalue weighted by Crippen LogP contribution is -2.51. The number of amides is 1. The van der Waals surface area contributed by atoms with E-state index in [0.29, 0.717) is 6.04 Å². The van der Waals surface area contributed by atoms with E-state index in [1.54, 1.807) is 0 Å². The number of hydrogen-bond acceptors (Lipinski definition) is 3. The van der Waals surface area contributed by atoms with Gasteiger partial charge in [0.05, 0.1) is 6.04 Å². The normalized spacial score (nSPS) is 24.7. The molecule has 104 valence electrons. The summed E-state index contributed by atoms with van der Waals surface area (Å²) in [5, 5.41) is 2.98. The number of carbonyl (C=O) groups excluding carboxylic acids is 1. The first-order valence-corrected chi connectivity index (χ1v) is 6.50. The summed E-state index contributed by atoms with van der Waals surface area (Å²) in [6.45, 7) is 7.77. The molecule has 1 aliphatic rings. The molecule has 0 saturated heterocycles. The van der Waals surface area contributed by atoms with Gasteiger partial charge < -0.3 is 15.0 Å². The van der Waals surface area contributed by atoms with Gasteiger partial charge in [-0.2, -0.15) is 0 Å². The monoisotopic (exact) mass is 254 g/mol. The lowest BCUT2D eigenvalue weighted by molar-refractivity contribution is 0.0472. The molecule has 4 heteroatoms. The third-order valence-electron chi connectivity index (χ3n) is 3.08. The molecule has 1 amide bonds. The van der Waals surface area contributed by atoms with Crippen molar-refractivity contribution in [2.24, 2.45) is 0 Å². The number of hydrogen-bond donors (Lipinski definition) is 1. The summed E-state index contributed by atoms with van der Waals surface area (Å²) in [7, 11) is 4.10.